The lowest BCUT2D eigenvalue weighted by Crippen LogP contribution is -2.16. The van der Waals surface area contributed by atoms with Crippen molar-refractivity contribution < 1.29 is 13.9 Å². The van der Waals surface area contributed by atoms with Gasteiger partial charge in [0.25, 0.3) is 0 Å². The second-order valence-electron chi connectivity index (χ2n) is 3.38. The summed E-state index contributed by atoms with van der Waals surface area (Å²) in [7, 11) is 0. The molecule has 1 aromatic rings. The standard InChI is InChI=1S/C10H12FNO2/c1-6(12)9-3-8(11)2-7-4-13-5-14-10(7)9/h2-3,6H,4-5,12H2,1H3/t6-/m1/s1. The van der Waals surface area contributed by atoms with E-state index in [1.54, 1.807) is 6.92 Å². The average molecular weight is 197 g/mol. The summed E-state index contributed by atoms with van der Waals surface area (Å²) in [6.07, 6.45) is 0. The van der Waals surface area contributed by atoms with E-state index >= 15 is 0 Å². The smallest absolute Gasteiger partial charge is 0.189 e. The quantitative estimate of drug-likeness (QED) is 0.745. The summed E-state index contributed by atoms with van der Waals surface area (Å²) < 4.78 is 23.5. The fourth-order valence-electron chi connectivity index (χ4n) is 1.55. The molecule has 0 unspecified atom stereocenters. The van der Waals surface area contributed by atoms with Gasteiger partial charge in [-0.2, -0.15) is 0 Å². The lowest BCUT2D eigenvalue weighted by atomic mass is 10.0. The number of benzene rings is 1. The van der Waals surface area contributed by atoms with E-state index in [1.165, 1.54) is 12.1 Å². The largest absolute Gasteiger partial charge is 0.467 e. The topological polar surface area (TPSA) is 44.5 Å². The molecule has 76 valence electrons. The molecule has 1 atom stereocenters. The van der Waals surface area contributed by atoms with Crippen LogP contribution in [0.3, 0.4) is 0 Å². The highest BCUT2D eigenvalue weighted by Gasteiger charge is 2.18. The van der Waals surface area contributed by atoms with Crippen LogP contribution in [0.1, 0.15) is 24.1 Å². The third-order valence-corrected chi connectivity index (χ3v) is 2.19. The van der Waals surface area contributed by atoms with Gasteiger partial charge in [-0.05, 0) is 19.1 Å². The van der Waals surface area contributed by atoms with Crippen molar-refractivity contribution in [2.75, 3.05) is 6.79 Å². The predicted octanol–water partition coefficient (Wildman–Crippen LogP) is 1.71. The summed E-state index contributed by atoms with van der Waals surface area (Å²) in [6.45, 7) is 2.39. The molecule has 1 heterocycles. The zero-order valence-electron chi connectivity index (χ0n) is 7.92. The van der Waals surface area contributed by atoms with Gasteiger partial charge in [0.2, 0.25) is 0 Å². The summed E-state index contributed by atoms with van der Waals surface area (Å²) in [6, 6.07) is 2.59. The highest BCUT2D eigenvalue weighted by Crippen LogP contribution is 2.32. The average Bonchev–Trinajstić information content (AvgIpc) is 2.16. The van der Waals surface area contributed by atoms with Gasteiger partial charge >= 0.3 is 0 Å². The van der Waals surface area contributed by atoms with Crippen LogP contribution >= 0.6 is 0 Å². The SMILES string of the molecule is C[C@@H](N)c1cc(F)cc2c1OCOC2. The molecule has 1 aromatic carbocycles. The van der Waals surface area contributed by atoms with Gasteiger partial charge in [0, 0.05) is 17.2 Å². The number of hydrogen-bond acceptors (Lipinski definition) is 3. The number of fused-ring (bicyclic) bond motifs is 1. The van der Waals surface area contributed by atoms with E-state index in [4.69, 9.17) is 15.2 Å². The Morgan fingerprint density at radius 2 is 2.29 bits per heavy atom. The van der Waals surface area contributed by atoms with E-state index in [1.807, 2.05) is 0 Å². The molecule has 14 heavy (non-hydrogen) atoms. The molecule has 0 aliphatic carbocycles. The van der Waals surface area contributed by atoms with Crippen LogP contribution in [0.4, 0.5) is 4.39 Å². The summed E-state index contributed by atoms with van der Waals surface area (Å²) in [5, 5.41) is 0. The monoisotopic (exact) mass is 197 g/mol. The molecule has 1 aliphatic heterocycles. The Kier molecular flexibility index (Phi) is 2.39. The molecule has 0 fully saturated rings. The van der Waals surface area contributed by atoms with Gasteiger partial charge in [-0.3, -0.25) is 0 Å². The number of nitrogens with two attached hydrogens (primary N) is 1. The van der Waals surface area contributed by atoms with Crippen LogP contribution < -0.4 is 10.5 Å². The Bertz CT molecular complexity index is 352. The molecule has 3 nitrogen and oxygen atoms in total. The van der Waals surface area contributed by atoms with E-state index in [2.05, 4.69) is 0 Å². The van der Waals surface area contributed by atoms with E-state index in [9.17, 15) is 4.39 Å². The van der Waals surface area contributed by atoms with Crippen LogP contribution in [0.15, 0.2) is 12.1 Å². The van der Waals surface area contributed by atoms with E-state index < -0.39 is 0 Å². The van der Waals surface area contributed by atoms with Gasteiger partial charge in [0.15, 0.2) is 6.79 Å². The van der Waals surface area contributed by atoms with Gasteiger partial charge in [-0.15, -0.1) is 0 Å². The fourth-order valence-corrected chi connectivity index (χ4v) is 1.55. The van der Waals surface area contributed by atoms with Crippen LogP contribution in [-0.4, -0.2) is 6.79 Å². The normalized spacial score (nSPS) is 17.1. The van der Waals surface area contributed by atoms with Gasteiger partial charge in [0.1, 0.15) is 11.6 Å². The number of hydrogen-bond donors (Lipinski definition) is 1. The molecule has 0 aromatic heterocycles. The number of rotatable bonds is 1. The molecule has 0 saturated carbocycles. The van der Waals surface area contributed by atoms with Crippen molar-refractivity contribution in [2.24, 2.45) is 5.73 Å². The molecule has 0 spiro atoms. The zero-order valence-corrected chi connectivity index (χ0v) is 7.92. The van der Waals surface area contributed by atoms with Crippen LogP contribution in [0, 0.1) is 5.82 Å². The first-order valence-electron chi connectivity index (χ1n) is 4.47. The minimum atomic E-state index is -0.301. The summed E-state index contributed by atoms with van der Waals surface area (Å²) in [5.74, 6) is 0.373. The van der Waals surface area contributed by atoms with Crippen molar-refractivity contribution in [3.05, 3.63) is 29.1 Å². The van der Waals surface area contributed by atoms with Gasteiger partial charge in [-0.1, -0.05) is 0 Å². The maximum atomic E-state index is 13.1. The van der Waals surface area contributed by atoms with Crippen molar-refractivity contribution >= 4 is 0 Å². The number of halogens is 1. The predicted molar refractivity (Wildman–Crippen MR) is 49.3 cm³/mol. The second kappa shape index (κ2) is 3.55. The van der Waals surface area contributed by atoms with Crippen molar-refractivity contribution in [2.45, 2.75) is 19.6 Å². The van der Waals surface area contributed by atoms with Gasteiger partial charge in [0.05, 0.1) is 6.61 Å². The van der Waals surface area contributed by atoms with Crippen LogP contribution in [0.2, 0.25) is 0 Å². The molecule has 0 radical (unpaired) electrons. The third-order valence-electron chi connectivity index (χ3n) is 2.19. The maximum absolute atomic E-state index is 13.1. The van der Waals surface area contributed by atoms with Crippen LogP contribution in [0.25, 0.3) is 0 Å². The molecular weight excluding hydrogens is 185 g/mol. The molecule has 0 bridgehead atoms. The first-order chi connectivity index (χ1) is 6.68. The number of ether oxygens (including phenoxy) is 2. The van der Waals surface area contributed by atoms with E-state index in [0.29, 0.717) is 17.9 Å². The molecule has 1 aliphatic rings. The Morgan fingerprint density at radius 3 is 3.00 bits per heavy atom. The minimum absolute atomic E-state index is 0.207. The second-order valence-corrected chi connectivity index (χ2v) is 3.38. The molecular formula is C10H12FNO2. The molecule has 2 N–H and O–H groups in total. The summed E-state index contributed by atoms with van der Waals surface area (Å²) in [5.41, 5.74) is 7.14. The lowest BCUT2D eigenvalue weighted by molar-refractivity contribution is -0.0174. The van der Waals surface area contributed by atoms with Crippen LogP contribution in [0.5, 0.6) is 5.75 Å². The Labute approximate surface area is 81.6 Å². The highest BCUT2D eigenvalue weighted by molar-refractivity contribution is 5.43. The Balaban J connectivity index is 2.52. The molecule has 0 saturated heterocycles. The highest BCUT2D eigenvalue weighted by atomic mass is 19.1. The lowest BCUT2D eigenvalue weighted by Gasteiger charge is -2.22. The summed E-state index contributed by atoms with van der Waals surface area (Å²) in [4.78, 5) is 0. The van der Waals surface area contributed by atoms with Crippen molar-refractivity contribution in [1.29, 1.82) is 0 Å². The molecule has 2 rings (SSSR count). The third kappa shape index (κ3) is 1.58. The first-order valence-corrected chi connectivity index (χ1v) is 4.47. The van der Waals surface area contributed by atoms with Crippen molar-refractivity contribution in [3.63, 3.8) is 0 Å². The van der Waals surface area contributed by atoms with Crippen molar-refractivity contribution in [3.8, 4) is 5.75 Å². The molecule has 4 heteroatoms. The fraction of sp³-hybridized carbons (Fsp3) is 0.400. The Morgan fingerprint density at radius 1 is 1.50 bits per heavy atom. The summed E-state index contributed by atoms with van der Waals surface area (Å²) >= 11 is 0. The molecule has 0 amide bonds. The maximum Gasteiger partial charge on any atom is 0.189 e. The van der Waals surface area contributed by atoms with E-state index in [-0.39, 0.29) is 18.7 Å². The van der Waals surface area contributed by atoms with Crippen LogP contribution in [-0.2, 0) is 11.3 Å². The zero-order chi connectivity index (χ0) is 10.1. The van der Waals surface area contributed by atoms with E-state index in [0.717, 1.165) is 5.56 Å². The Hall–Kier alpha value is -1.13. The van der Waals surface area contributed by atoms with Crippen molar-refractivity contribution in [1.82, 2.24) is 0 Å². The first kappa shape index (κ1) is 9.43. The van der Waals surface area contributed by atoms with Gasteiger partial charge in [-0.25, -0.2) is 4.39 Å². The minimum Gasteiger partial charge on any atom is -0.467 e. The van der Waals surface area contributed by atoms with Gasteiger partial charge < -0.3 is 15.2 Å².